The topological polar surface area (TPSA) is 98.5 Å². The number of nitrogens with zero attached hydrogens (tertiary/aromatic N) is 2. The molecule has 8 heteroatoms. The van der Waals surface area contributed by atoms with Crippen molar-refractivity contribution in [2.45, 2.75) is 26.7 Å². The molecule has 0 saturated carbocycles. The monoisotopic (exact) mass is 302 g/mol. The maximum atomic E-state index is 12.0. The molecule has 0 aliphatic heterocycles. The van der Waals surface area contributed by atoms with E-state index in [-0.39, 0.29) is 13.0 Å². The van der Waals surface area contributed by atoms with Crippen LogP contribution in [0.2, 0.25) is 0 Å². The van der Waals surface area contributed by atoms with Crippen molar-refractivity contribution in [3.8, 4) is 0 Å². The number of aromatic nitrogens is 2. The van der Waals surface area contributed by atoms with Crippen molar-refractivity contribution in [1.29, 1.82) is 0 Å². The summed E-state index contributed by atoms with van der Waals surface area (Å²) in [5.74, 6) is -0.977. The van der Waals surface area contributed by atoms with Crippen molar-refractivity contribution in [3.63, 3.8) is 0 Å². The summed E-state index contributed by atoms with van der Waals surface area (Å²) in [6.45, 7) is 3.65. The van der Waals surface area contributed by atoms with Gasteiger partial charge in [0.05, 0.1) is 18.7 Å². The molecule has 1 aromatic rings. The van der Waals surface area contributed by atoms with Crippen molar-refractivity contribution in [3.05, 3.63) is 24.3 Å². The van der Waals surface area contributed by atoms with E-state index in [9.17, 15) is 13.2 Å². The van der Waals surface area contributed by atoms with Crippen LogP contribution in [-0.2, 0) is 19.6 Å². The standard InChI is InChI=1S/C12H18N2O5S/c1-3-10(2)11(14-6-5-13-9-14)12(15)19-7-4-8-20(16,17)18/h5-6,9H,3-4,7-8H2,1-2H3,(H,16,17,18). The minimum atomic E-state index is -4.03. The fourth-order valence-corrected chi connectivity index (χ4v) is 2.02. The molecule has 0 spiro atoms. The van der Waals surface area contributed by atoms with E-state index in [1.807, 2.05) is 13.8 Å². The summed E-state index contributed by atoms with van der Waals surface area (Å²) in [5.41, 5.74) is 1.21. The van der Waals surface area contributed by atoms with Crippen LogP contribution < -0.4 is 0 Å². The van der Waals surface area contributed by atoms with Gasteiger partial charge < -0.3 is 4.74 Å². The molecule has 20 heavy (non-hydrogen) atoms. The average Bonchev–Trinajstić information content (AvgIpc) is 2.87. The number of hydrogen-bond donors (Lipinski definition) is 1. The molecule has 0 fully saturated rings. The largest absolute Gasteiger partial charge is 0.461 e. The minimum Gasteiger partial charge on any atom is -0.461 e. The molecular weight excluding hydrogens is 284 g/mol. The van der Waals surface area contributed by atoms with E-state index in [0.717, 1.165) is 5.57 Å². The van der Waals surface area contributed by atoms with Crippen molar-refractivity contribution in [2.75, 3.05) is 12.4 Å². The first kappa shape index (κ1) is 16.4. The number of carbonyl (C=O) groups excluding carboxylic acids is 1. The Hall–Kier alpha value is -1.67. The van der Waals surface area contributed by atoms with Crippen LogP contribution in [0.15, 0.2) is 24.3 Å². The normalized spacial score (nSPS) is 12.9. The van der Waals surface area contributed by atoms with Gasteiger partial charge in [0.15, 0.2) is 0 Å². The van der Waals surface area contributed by atoms with Gasteiger partial charge in [0.2, 0.25) is 0 Å². The lowest BCUT2D eigenvalue weighted by Gasteiger charge is -2.11. The highest BCUT2D eigenvalue weighted by molar-refractivity contribution is 7.85. The third-order valence-corrected chi connectivity index (χ3v) is 3.47. The van der Waals surface area contributed by atoms with Crippen LogP contribution in [0.3, 0.4) is 0 Å². The van der Waals surface area contributed by atoms with E-state index >= 15 is 0 Å². The molecule has 0 radical (unpaired) electrons. The van der Waals surface area contributed by atoms with E-state index in [2.05, 4.69) is 4.98 Å². The van der Waals surface area contributed by atoms with Crippen LogP contribution in [0.1, 0.15) is 26.7 Å². The summed E-state index contributed by atoms with van der Waals surface area (Å²) in [7, 11) is -4.03. The molecule has 0 bridgehead atoms. The zero-order chi connectivity index (χ0) is 15.2. The average molecular weight is 302 g/mol. The first-order chi connectivity index (χ1) is 9.35. The number of rotatable bonds is 7. The SMILES string of the molecule is CCC(C)=C(C(=O)OCCCS(=O)(=O)O)n1ccnc1. The van der Waals surface area contributed by atoms with E-state index in [0.29, 0.717) is 12.1 Å². The molecule has 0 atom stereocenters. The van der Waals surface area contributed by atoms with Gasteiger partial charge in [0, 0.05) is 12.4 Å². The van der Waals surface area contributed by atoms with Gasteiger partial charge in [-0.1, -0.05) is 6.92 Å². The summed E-state index contributed by atoms with van der Waals surface area (Å²) in [6, 6.07) is 0. The lowest BCUT2D eigenvalue weighted by molar-refractivity contribution is -0.137. The number of allylic oxidation sites excluding steroid dienone is 1. The van der Waals surface area contributed by atoms with Gasteiger partial charge in [-0.3, -0.25) is 9.12 Å². The van der Waals surface area contributed by atoms with E-state index in [1.165, 1.54) is 6.33 Å². The molecule has 1 rings (SSSR count). The first-order valence-electron chi connectivity index (χ1n) is 6.15. The van der Waals surface area contributed by atoms with Gasteiger partial charge in [-0.25, -0.2) is 9.78 Å². The van der Waals surface area contributed by atoms with Crippen molar-refractivity contribution in [1.82, 2.24) is 9.55 Å². The van der Waals surface area contributed by atoms with Gasteiger partial charge >= 0.3 is 5.97 Å². The fourth-order valence-electron chi connectivity index (χ4n) is 1.53. The lowest BCUT2D eigenvalue weighted by Crippen LogP contribution is -2.15. The zero-order valence-corrected chi connectivity index (χ0v) is 12.3. The van der Waals surface area contributed by atoms with Gasteiger partial charge in [-0.15, -0.1) is 0 Å². The fraction of sp³-hybridized carbons (Fsp3) is 0.500. The second kappa shape index (κ2) is 7.20. The maximum absolute atomic E-state index is 12.0. The summed E-state index contributed by atoms with van der Waals surface area (Å²) in [6.07, 6.45) is 5.40. The Morgan fingerprint density at radius 2 is 2.15 bits per heavy atom. The Morgan fingerprint density at radius 3 is 2.65 bits per heavy atom. The second-order valence-corrected chi connectivity index (χ2v) is 5.80. The molecule has 0 aromatic carbocycles. The molecule has 7 nitrogen and oxygen atoms in total. The zero-order valence-electron chi connectivity index (χ0n) is 11.4. The smallest absolute Gasteiger partial charge is 0.355 e. The van der Waals surface area contributed by atoms with E-state index < -0.39 is 21.8 Å². The van der Waals surface area contributed by atoms with Crippen LogP contribution in [0.5, 0.6) is 0 Å². The Balaban J connectivity index is 2.68. The van der Waals surface area contributed by atoms with Gasteiger partial charge in [-0.2, -0.15) is 8.42 Å². The Labute approximate surface area is 118 Å². The highest BCUT2D eigenvalue weighted by Crippen LogP contribution is 2.15. The van der Waals surface area contributed by atoms with Crippen molar-refractivity contribution in [2.24, 2.45) is 0 Å². The Kier molecular flexibility index (Phi) is 5.90. The molecule has 0 aliphatic rings. The second-order valence-electron chi connectivity index (χ2n) is 4.23. The summed E-state index contributed by atoms with van der Waals surface area (Å²) < 4.78 is 36.3. The predicted molar refractivity (Wildman–Crippen MR) is 73.4 cm³/mol. The predicted octanol–water partition coefficient (Wildman–Crippen LogP) is 1.35. The summed E-state index contributed by atoms with van der Waals surface area (Å²) in [4.78, 5) is 15.9. The van der Waals surface area contributed by atoms with E-state index in [1.54, 1.807) is 17.0 Å². The first-order valence-corrected chi connectivity index (χ1v) is 7.76. The van der Waals surface area contributed by atoms with Crippen LogP contribution in [0.25, 0.3) is 5.70 Å². The maximum Gasteiger partial charge on any atom is 0.355 e. The van der Waals surface area contributed by atoms with Crippen molar-refractivity contribution < 1.29 is 22.5 Å². The third kappa shape index (κ3) is 5.14. The number of hydrogen-bond acceptors (Lipinski definition) is 5. The van der Waals surface area contributed by atoms with Gasteiger partial charge in [0.1, 0.15) is 5.70 Å². The van der Waals surface area contributed by atoms with Gasteiger partial charge in [0.25, 0.3) is 10.1 Å². The minimum absolute atomic E-state index is 0.0486. The number of carbonyl (C=O) groups is 1. The molecule has 1 heterocycles. The number of ether oxygens (including phenoxy) is 1. The highest BCUT2D eigenvalue weighted by atomic mass is 32.2. The molecular formula is C12H18N2O5S. The number of imidazole rings is 1. The van der Waals surface area contributed by atoms with Crippen LogP contribution in [-0.4, -0.2) is 40.9 Å². The highest BCUT2D eigenvalue weighted by Gasteiger charge is 2.16. The summed E-state index contributed by atoms with van der Waals surface area (Å²) in [5, 5.41) is 0. The van der Waals surface area contributed by atoms with Crippen LogP contribution in [0.4, 0.5) is 0 Å². The summed E-state index contributed by atoms with van der Waals surface area (Å²) >= 11 is 0. The molecule has 112 valence electrons. The van der Waals surface area contributed by atoms with Crippen LogP contribution in [0, 0.1) is 0 Å². The van der Waals surface area contributed by atoms with E-state index in [4.69, 9.17) is 9.29 Å². The third-order valence-electron chi connectivity index (χ3n) is 2.67. The Bertz CT molecular complexity index is 575. The molecule has 0 aliphatic carbocycles. The Morgan fingerprint density at radius 1 is 1.45 bits per heavy atom. The van der Waals surface area contributed by atoms with Gasteiger partial charge in [-0.05, 0) is 25.3 Å². The molecule has 0 unspecified atom stereocenters. The van der Waals surface area contributed by atoms with Crippen molar-refractivity contribution >= 4 is 21.8 Å². The van der Waals surface area contributed by atoms with Crippen LogP contribution >= 0.6 is 0 Å². The number of esters is 1. The molecule has 0 amide bonds. The molecule has 1 N–H and O–H groups in total. The lowest BCUT2D eigenvalue weighted by atomic mass is 10.2. The molecule has 0 saturated heterocycles. The quantitative estimate of drug-likeness (QED) is 0.353. The molecule has 1 aromatic heterocycles.